The number of thioether (sulfide) groups is 1. The smallest absolute Gasteiger partial charge is 0.244 e. The molecule has 0 bridgehead atoms. The van der Waals surface area contributed by atoms with Crippen LogP contribution in [-0.4, -0.2) is 55.8 Å². The molecule has 5 nitrogen and oxygen atoms in total. The predicted molar refractivity (Wildman–Crippen MR) is 101 cm³/mol. The van der Waals surface area contributed by atoms with Crippen molar-refractivity contribution >= 4 is 21.8 Å². The van der Waals surface area contributed by atoms with Gasteiger partial charge in [0.1, 0.15) is 10.7 Å². The van der Waals surface area contributed by atoms with E-state index in [1.165, 1.54) is 34.4 Å². The number of aromatic nitrogens is 1. The van der Waals surface area contributed by atoms with Crippen LogP contribution in [0.4, 0.5) is 4.39 Å². The zero-order valence-corrected chi connectivity index (χ0v) is 16.4. The van der Waals surface area contributed by atoms with Crippen LogP contribution >= 0.6 is 11.8 Å². The molecule has 0 spiro atoms. The maximum absolute atomic E-state index is 13.0. The molecule has 26 heavy (non-hydrogen) atoms. The predicted octanol–water partition coefficient (Wildman–Crippen LogP) is 3.01. The summed E-state index contributed by atoms with van der Waals surface area (Å²) >= 11 is 1.51. The summed E-state index contributed by atoms with van der Waals surface area (Å²) in [5, 5.41) is 0.822. The van der Waals surface area contributed by atoms with Gasteiger partial charge in [-0.3, -0.25) is 0 Å². The van der Waals surface area contributed by atoms with Crippen molar-refractivity contribution in [1.29, 1.82) is 0 Å². The molecule has 0 unspecified atom stereocenters. The van der Waals surface area contributed by atoms with Crippen LogP contribution in [0.1, 0.15) is 17.7 Å². The number of piperazine rings is 1. The molecule has 1 aliphatic rings. The fourth-order valence-corrected chi connectivity index (χ4v) is 5.03. The fourth-order valence-electron chi connectivity index (χ4n) is 2.75. The van der Waals surface area contributed by atoms with Gasteiger partial charge in [-0.05, 0) is 43.8 Å². The maximum Gasteiger partial charge on any atom is 0.244 e. The second-order valence-electron chi connectivity index (χ2n) is 6.35. The molecule has 0 radical (unpaired) electrons. The quantitative estimate of drug-likeness (QED) is 0.729. The third kappa shape index (κ3) is 4.43. The minimum Gasteiger partial charge on any atom is -0.304 e. The van der Waals surface area contributed by atoms with E-state index in [-0.39, 0.29) is 16.0 Å². The summed E-state index contributed by atoms with van der Waals surface area (Å²) < 4.78 is 39.9. The lowest BCUT2D eigenvalue weighted by atomic mass is 10.2. The number of sulfonamides is 1. The first-order valence-corrected chi connectivity index (χ1v) is 10.7. The number of hydrogen-bond donors (Lipinski definition) is 0. The summed E-state index contributed by atoms with van der Waals surface area (Å²) in [6.45, 7) is 4.47. The molecule has 1 aromatic heterocycles. The Bertz CT molecular complexity index is 834. The maximum atomic E-state index is 13.0. The van der Waals surface area contributed by atoms with Gasteiger partial charge in [-0.1, -0.05) is 23.9 Å². The highest BCUT2D eigenvalue weighted by Crippen LogP contribution is 2.34. The van der Waals surface area contributed by atoms with E-state index < -0.39 is 10.0 Å². The van der Waals surface area contributed by atoms with E-state index in [2.05, 4.69) is 9.88 Å². The van der Waals surface area contributed by atoms with E-state index in [1.807, 2.05) is 14.0 Å². The van der Waals surface area contributed by atoms with Gasteiger partial charge in [0.05, 0.1) is 5.03 Å². The van der Waals surface area contributed by atoms with E-state index in [0.717, 1.165) is 23.7 Å². The normalized spacial score (nSPS) is 18.0. The minimum absolute atomic E-state index is 0.0863. The van der Waals surface area contributed by atoms with E-state index in [0.29, 0.717) is 13.1 Å². The summed E-state index contributed by atoms with van der Waals surface area (Å²) in [5.74, 6) is -0.262. The minimum atomic E-state index is -3.49. The molecular weight excluding hydrogens is 373 g/mol. The van der Waals surface area contributed by atoms with Crippen molar-refractivity contribution in [1.82, 2.24) is 14.2 Å². The molecule has 8 heteroatoms. The molecule has 1 fully saturated rings. The van der Waals surface area contributed by atoms with Crippen LogP contribution in [0.25, 0.3) is 0 Å². The SMILES string of the molecule is C[C@@H](Sc1ccc(S(=O)(=O)N2CCN(C)CC2)cn1)c1ccc(F)cc1. The van der Waals surface area contributed by atoms with E-state index in [9.17, 15) is 12.8 Å². The second kappa shape index (κ2) is 8.04. The molecule has 1 aromatic carbocycles. The van der Waals surface area contributed by atoms with Crippen molar-refractivity contribution in [2.24, 2.45) is 0 Å². The Labute approximate surface area is 158 Å². The largest absolute Gasteiger partial charge is 0.304 e. The average Bonchev–Trinajstić information content (AvgIpc) is 2.63. The summed E-state index contributed by atoms with van der Waals surface area (Å²) in [6, 6.07) is 9.71. The molecule has 1 atom stereocenters. The Balaban J connectivity index is 1.69. The van der Waals surface area contributed by atoms with Crippen molar-refractivity contribution in [3.8, 4) is 0 Å². The topological polar surface area (TPSA) is 53.5 Å². The Morgan fingerprint density at radius 1 is 1.08 bits per heavy atom. The first kappa shape index (κ1) is 19.3. The van der Waals surface area contributed by atoms with E-state index in [4.69, 9.17) is 0 Å². The van der Waals surface area contributed by atoms with Crippen LogP contribution in [-0.2, 0) is 10.0 Å². The Hall–Kier alpha value is -1.48. The lowest BCUT2D eigenvalue weighted by molar-refractivity contribution is 0.222. The zero-order valence-electron chi connectivity index (χ0n) is 14.8. The van der Waals surface area contributed by atoms with Crippen molar-refractivity contribution in [3.63, 3.8) is 0 Å². The molecule has 1 aliphatic heterocycles. The zero-order chi connectivity index (χ0) is 18.7. The lowest BCUT2D eigenvalue weighted by Gasteiger charge is -2.31. The van der Waals surface area contributed by atoms with E-state index in [1.54, 1.807) is 24.3 Å². The third-order valence-electron chi connectivity index (χ3n) is 4.45. The molecule has 0 aliphatic carbocycles. The van der Waals surface area contributed by atoms with Gasteiger partial charge in [0.25, 0.3) is 0 Å². The second-order valence-corrected chi connectivity index (χ2v) is 9.65. The van der Waals surface area contributed by atoms with Gasteiger partial charge in [-0.25, -0.2) is 17.8 Å². The van der Waals surface area contributed by atoms with Gasteiger partial charge in [0.15, 0.2) is 0 Å². The number of rotatable bonds is 5. The van der Waals surface area contributed by atoms with Gasteiger partial charge in [0, 0.05) is 37.6 Å². The molecular formula is C18H22FN3O2S2. The number of benzene rings is 1. The highest BCUT2D eigenvalue weighted by atomic mass is 32.2. The molecule has 3 rings (SSSR count). The van der Waals surface area contributed by atoms with Crippen molar-refractivity contribution in [2.45, 2.75) is 22.1 Å². The van der Waals surface area contributed by atoms with Crippen LogP contribution in [0.2, 0.25) is 0 Å². The summed E-state index contributed by atoms with van der Waals surface area (Å²) in [6.07, 6.45) is 1.42. The fraction of sp³-hybridized carbons (Fsp3) is 0.389. The Kier molecular flexibility index (Phi) is 5.96. The Morgan fingerprint density at radius 3 is 2.31 bits per heavy atom. The first-order chi connectivity index (χ1) is 12.4. The summed E-state index contributed by atoms with van der Waals surface area (Å²) in [4.78, 5) is 6.65. The van der Waals surface area contributed by atoms with Gasteiger partial charge in [-0.15, -0.1) is 0 Å². The summed E-state index contributed by atoms with van der Waals surface area (Å²) in [5.41, 5.74) is 0.993. The van der Waals surface area contributed by atoms with Crippen LogP contribution in [0.3, 0.4) is 0 Å². The van der Waals surface area contributed by atoms with Crippen LogP contribution in [0, 0.1) is 5.82 Å². The van der Waals surface area contributed by atoms with Crippen molar-refractivity contribution in [2.75, 3.05) is 33.2 Å². The molecule has 1 saturated heterocycles. The lowest BCUT2D eigenvalue weighted by Crippen LogP contribution is -2.47. The molecule has 140 valence electrons. The highest BCUT2D eigenvalue weighted by Gasteiger charge is 2.27. The highest BCUT2D eigenvalue weighted by molar-refractivity contribution is 7.99. The summed E-state index contributed by atoms with van der Waals surface area (Å²) in [7, 11) is -1.51. The van der Waals surface area contributed by atoms with Crippen LogP contribution < -0.4 is 0 Å². The molecule has 0 amide bonds. The molecule has 2 aromatic rings. The monoisotopic (exact) mass is 395 g/mol. The van der Waals surface area contributed by atoms with Gasteiger partial charge in [0.2, 0.25) is 10.0 Å². The van der Waals surface area contributed by atoms with Crippen LogP contribution in [0.5, 0.6) is 0 Å². The third-order valence-corrected chi connectivity index (χ3v) is 7.44. The van der Waals surface area contributed by atoms with E-state index >= 15 is 0 Å². The number of pyridine rings is 1. The average molecular weight is 396 g/mol. The van der Waals surface area contributed by atoms with Crippen molar-refractivity contribution in [3.05, 3.63) is 54.0 Å². The van der Waals surface area contributed by atoms with Crippen molar-refractivity contribution < 1.29 is 12.8 Å². The number of likely N-dealkylation sites (N-methyl/N-ethyl adjacent to an activating group) is 1. The van der Waals surface area contributed by atoms with Gasteiger partial charge < -0.3 is 4.90 Å². The Morgan fingerprint density at radius 2 is 1.73 bits per heavy atom. The van der Waals surface area contributed by atoms with Gasteiger partial charge in [-0.2, -0.15) is 4.31 Å². The molecule has 0 N–H and O–H groups in total. The molecule has 2 heterocycles. The van der Waals surface area contributed by atoms with Crippen LogP contribution in [0.15, 0.2) is 52.5 Å². The number of nitrogens with zero attached hydrogens (tertiary/aromatic N) is 3. The standard InChI is InChI=1S/C18H22FN3O2S2/c1-14(15-3-5-16(19)6-4-15)25-18-8-7-17(13-20-18)26(23,24)22-11-9-21(2)10-12-22/h3-8,13-14H,9-12H2,1-2H3/t14-/m1/s1. The number of hydrogen-bond acceptors (Lipinski definition) is 5. The van der Waals surface area contributed by atoms with Gasteiger partial charge >= 0.3 is 0 Å². The first-order valence-electron chi connectivity index (χ1n) is 8.43. The number of halogens is 1. The molecule has 0 saturated carbocycles.